The van der Waals surface area contributed by atoms with Crippen molar-refractivity contribution >= 4 is 33.3 Å². The SMILES string of the molecule is CCOc1ccc(S(=O)(=O)N2CCOCC2)cc1NC(=O)c1cnsn1. The highest BCUT2D eigenvalue weighted by Gasteiger charge is 2.27. The van der Waals surface area contributed by atoms with Crippen LogP contribution in [0.15, 0.2) is 29.3 Å². The van der Waals surface area contributed by atoms with Gasteiger partial charge in [0.05, 0.1) is 48.3 Å². The molecule has 1 aliphatic heterocycles. The summed E-state index contributed by atoms with van der Waals surface area (Å²) in [6.07, 6.45) is 1.34. The number of amides is 1. The third kappa shape index (κ3) is 4.01. The van der Waals surface area contributed by atoms with Gasteiger partial charge >= 0.3 is 0 Å². The summed E-state index contributed by atoms with van der Waals surface area (Å²) in [6, 6.07) is 4.40. The maximum absolute atomic E-state index is 12.8. The lowest BCUT2D eigenvalue weighted by Crippen LogP contribution is -2.40. The molecule has 1 N–H and O–H groups in total. The number of aromatic nitrogens is 2. The Balaban J connectivity index is 1.91. The highest BCUT2D eigenvalue weighted by atomic mass is 32.2. The van der Waals surface area contributed by atoms with Gasteiger partial charge in [-0.1, -0.05) is 0 Å². The van der Waals surface area contributed by atoms with Crippen molar-refractivity contribution in [2.45, 2.75) is 11.8 Å². The number of ether oxygens (including phenoxy) is 2. The van der Waals surface area contributed by atoms with E-state index in [4.69, 9.17) is 9.47 Å². The highest BCUT2D eigenvalue weighted by Crippen LogP contribution is 2.30. The Morgan fingerprint density at radius 2 is 2.15 bits per heavy atom. The molecule has 140 valence electrons. The van der Waals surface area contributed by atoms with Crippen LogP contribution in [0.25, 0.3) is 0 Å². The van der Waals surface area contributed by atoms with Gasteiger partial charge in [-0.2, -0.15) is 13.1 Å². The maximum atomic E-state index is 12.8. The molecule has 1 amide bonds. The topological polar surface area (TPSA) is 111 Å². The van der Waals surface area contributed by atoms with E-state index in [1.165, 1.54) is 28.7 Å². The summed E-state index contributed by atoms with van der Waals surface area (Å²) < 4.78 is 45.4. The van der Waals surface area contributed by atoms with Crippen molar-refractivity contribution in [3.8, 4) is 5.75 Å². The smallest absolute Gasteiger partial charge is 0.277 e. The molecule has 0 radical (unpaired) electrons. The molecule has 1 saturated heterocycles. The number of carbonyl (C=O) groups excluding carboxylic acids is 1. The summed E-state index contributed by atoms with van der Waals surface area (Å²) in [5.74, 6) is -0.106. The van der Waals surface area contributed by atoms with Crippen LogP contribution in [0.2, 0.25) is 0 Å². The number of nitrogens with zero attached hydrogens (tertiary/aromatic N) is 3. The van der Waals surface area contributed by atoms with E-state index in [1.807, 2.05) is 0 Å². The van der Waals surface area contributed by atoms with E-state index in [9.17, 15) is 13.2 Å². The number of rotatable bonds is 6. The molecular weight excluding hydrogens is 380 g/mol. The molecular formula is C15H18N4O5S2. The van der Waals surface area contributed by atoms with Gasteiger partial charge in [0.2, 0.25) is 10.0 Å². The summed E-state index contributed by atoms with van der Waals surface area (Å²) in [6.45, 7) is 3.47. The second kappa shape index (κ2) is 8.08. The first kappa shape index (κ1) is 18.7. The normalized spacial score (nSPS) is 15.6. The molecule has 0 spiro atoms. The minimum absolute atomic E-state index is 0.0783. The van der Waals surface area contributed by atoms with Crippen molar-refractivity contribution in [2.75, 3.05) is 38.2 Å². The number of benzene rings is 1. The maximum Gasteiger partial charge on any atom is 0.277 e. The molecule has 0 aliphatic carbocycles. The van der Waals surface area contributed by atoms with Gasteiger partial charge in [0.25, 0.3) is 5.91 Å². The molecule has 1 aromatic carbocycles. The number of morpholine rings is 1. The Morgan fingerprint density at radius 1 is 1.38 bits per heavy atom. The molecule has 1 aromatic heterocycles. The Morgan fingerprint density at radius 3 is 2.81 bits per heavy atom. The number of anilines is 1. The molecule has 11 heteroatoms. The van der Waals surface area contributed by atoms with E-state index < -0.39 is 15.9 Å². The first-order chi connectivity index (χ1) is 12.5. The number of sulfonamides is 1. The number of nitrogens with one attached hydrogen (secondary N) is 1. The van der Waals surface area contributed by atoms with Crippen LogP contribution in [-0.4, -0.2) is 60.3 Å². The predicted octanol–water partition coefficient (Wildman–Crippen LogP) is 1.21. The van der Waals surface area contributed by atoms with Gasteiger partial charge in [-0.15, -0.1) is 0 Å². The first-order valence-electron chi connectivity index (χ1n) is 7.96. The van der Waals surface area contributed by atoms with Gasteiger partial charge in [-0.3, -0.25) is 4.79 Å². The van der Waals surface area contributed by atoms with Crippen molar-refractivity contribution in [2.24, 2.45) is 0 Å². The highest BCUT2D eigenvalue weighted by molar-refractivity contribution is 7.89. The zero-order valence-corrected chi connectivity index (χ0v) is 15.7. The molecule has 0 atom stereocenters. The van der Waals surface area contributed by atoms with Gasteiger partial charge in [0, 0.05) is 13.1 Å². The molecule has 0 bridgehead atoms. The van der Waals surface area contributed by atoms with Gasteiger partial charge in [0.15, 0.2) is 5.69 Å². The Hall–Kier alpha value is -2.08. The second-order valence-electron chi connectivity index (χ2n) is 5.35. The number of carbonyl (C=O) groups is 1. The average molecular weight is 398 g/mol. The average Bonchev–Trinajstić information content (AvgIpc) is 3.19. The minimum Gasteiger partial charge on any atom is -0.492 e. The van der Waals surface area contributed by atoms with Crippen LogP contribution >= 0.6 is 11.7 Å². The Labute approximate surface area is 155 Å². The third-order valence-corrected chi connectivity index (χ3v) is 6.07. The number of hydrogen-bond donors (Lipinski definition) is 1. The van der Waals surface area contributed by atoms with Gasteiger partial charge < -0.3 is 14.8 Å². The monoisotopic (exact) mass is 398 g/mol. The molecule has 2 aromatic rings. The largest absolute Gasteiger partial charge is 0.492 e. The fraction of sp³-hybridized carbons (Fsp3) is 0.400. The summed E-state index contributed by atoms with van der Waals surface area (Å²) in [5.41, 5.74) is 0.415. The van der Waals surface area contributed by atoms with Crippen LogP contribution in [0.5, 0.6) is 5.75 Å². The van der Waals surface area contributed by atoms with Crippen LogP contribution in [0.4, 0.5) is 5.69 Å². The first-order valence-corrected chi connectivity index (χ1v) is 10.1. The third-order valence-electron chi connectivity index (χ3n) is 3.70. The van der Waals surface area contributed by atoms with Crippen molar-refractivity contribution in [1.82, 2.24) is 13.1 Å². The summed E-state index contributed by atoms with van der Waals surface area (Å²) in [4.78, 5) is 12.3. The Kier molecular flexibility index (Phi) is 5.81. The molecule has 1 fully saturated rings. The van der Waals surface area contributed by atoms with Gasteiger partial charge in [0.1, 0.15) is 5.75 Å². The van der Waals surface area contributed by atoms with Crippen molar-refractivity contribution in [3.63, 3.8) is 0 Å². The summed E-state index contributed by atoms with van der Waals surface area (Å²) >= 11 is 0.913. The lowest BCUT2D eigenvalue weighted by molar-refractivity contribution is 0.0730. The molecule has 0 unspecified atom stereocenters. The molecule has 0 saturated carbocycles. The van der Waals surface area contributed by atoms with E-state index in [0.29, 0.717) is 38.7 Å². The van der Waals surface area contributed by atoms with Crippen LogP contribution in [-0.2, 0) is 14.8 Å². The van der Waals surface area contributed by atoms with Crippen LogP contribution in [0, 0.1) is 0 Å². The van der Waals surface area contributed by atoms with E-state index >= 15 is 0 Å². The lowest BCUT2D eigenvalue weighted by Gasteiger charge is -2.26. The molecule has 3 rings (SSSR count). The van der Waals surface area contributed by atoms with Gasteiger partial charge in [-0.25, -0.2) is 8.42 Å². The quantitative estimate of drug-likeness (QED) is 0.778. The fourth-order valence-electron chi connectivity index (χ4n) is 2.44. The predicted molar refractivity (Wildman–Crippen MR) is 95.1 cm³/mol. The lowest BCUT2D eigenvalue weighted by atomic mass is 10.2. The van der Waals surface area contributed by atoms with Crippen molar-refractivity contribution < 1.29 is 22.7 Å². The van der Waals surface area contributed by atoms with Crippen molar-refractivity contribution in [3.05, 3.63) is 30.1 Å². The van der Waals surface area contributed by atoms with Crippen LogP contribution in [0.3, 0.4) is 0 Å². The van der Waals surface area contributed by atoms with E-state index in [2.05, 4.69) is 14.1 Å². The Bertz CT molecular complexity index is 864. The number of hydrogen-bond acceptors (Lipinski definition) is 8. The van der Waals surface area contributed by atoms with Crippen molar-refractivity contribution in [1.29, 1.82) is 0 Å². The van der Waals surface area contributed by atoms with Crippen LogP contribution < -0.4 is 10.1 Å². The molecule has 1 aliphatic rings. The molecule has 9 nitrogen and oxygen atoms in total. The van der Waals surface area contributed by atoms with Crippen LogP contribution in [0.1, 0.15) is 17.4 Å². The summed E-state index contributed by atoms with van der Waals surface area (Å²) in [5, 5.41) is 2.65. The van der Waals surface area contributed by atoms with E-state index in [1.54, 1.807) is 6.92 Å². The summed E-state index contributed by atoms with van der Waals surface area (Å²) in [7, 11) is -3.69. The van der Waals surface area contributed by atoms with Gasteiger partial charge in [-0.05, 0) is 25.1 Å². The fourth-order valence-corrected chi connectivity index (χ4v) is 4.28. The second-order valence-corrected chi connectivity index (χ2v) is 7.85. The van der Waals surface area contributed by atoms with E-state index in [0.717, 1.165) is 11.7 Å². The molecule has 26 heavy (non-hydrogen) atoms. The standard InChI is InChI=1S/C15H18N4O5S2/c1-2-24-14-4-3-11(26(21,22)19-5-7-23-8-6-19)9-12(14)17-15(20)13-10-16-25-18-13/h3-4,9-10H,2,5-8H2,1H3,(H,17,20). The van der Waals surface area contributed by atoms with E-state index in [-0.39, 0.29) is 16.3 Å². The zero-order chi connectivity index (χ0) is 18.6. The molecule has 2 heterocycles. The zero-order valence-electron chi connectivity index (χ0n) is 14.0. The minimum atomic E-state index is -3.69.